The Kier molecular flexibility index (Phi) is 14.3. The van der Waals surface area contributed by atoms with E-state index in [0.29, 0.717) is 0 Å². The molecule has 1 atom stereocenters. The quantitative estimate of drug-likeness (QED) is 0.496. The molecular formula is C4H7NO3Pd. The standard InChI is InChI=1S/C3H7NO3.C.Pd/c4-2(1-5)3(6)7;;/h2,5H,1,4H2,(H,6,7);;/t2-;;/m0../s1. The molecule has 0 saturated carbocycles. The first-order chi connectivity index (χ1) is 3.18. The third-order valence-corrected chi connectivity index (χ3v) is 0.514. The smallest absolute Gasteiger partial charge is 0.322 e. The van der Waals surface area contributed by atoms with Gasteiger partial charge in [-0.1, -0.05) is 0 Å². The van der Waals surface area contributed by atoms with Gasteiger partial charge in [-0.15, -0.1) is 0 Å². The topological polar surface area (TPSA) is 83.5 Å². The minimum Gasteiger partial charge on any atom is -0.480 e. The fourth-order valence-electron chi connectivity index (χ4n) is 0.0781. The van der Waals surface area contributed by atoms with Crippen molar-refractivity contribution in [2.24, 2.45) is 5.73 Å². The van der Waals surface area contributed by atoms with E-state index < -0.39 is 18.6 Å². The summed E-state index contributed by atoms with van der Waals surface area (Å²) < 4.78 is 0. The Labute approximate surface area is 67.7 Å². The number of rotatable bonds is 2. The van der Waals surface area contributed by atoms with Crippen LogP contribution in [0.25, 0.3) is 0 Å². The summed E-state index contributed by atoms with van der Waals surface area (Å²) in [5, 5.41) is 15.9. The monoisotopic (exact) mass is 223 g/mol. The molecule has 4 radical (unpaired) electrons. The Morgan fingerprint density at radius 3 is 2.00 bits per heavy atom. The largest absolute Gasteiger partial charge is 0.480 e. The van der Waals surface area contributed by atoms with Crippen LogP contribution in [0.15, 0.2) is 0 Å². The zero-order valence-electron chi connectivity index (χ0n) is 4.48. The molecule has 4 nitrogen and oxygen atoms in total. The fourth-order valence-corrected chi connectivity index (χ4v) is 0.0781. The van der Waals surface area contributed by atoms with Gasteiger partial charge in [-0.3, -0.25) is 4.79 Å². The Morgan fingerprint density at radius 1 is 1.67 bits per heavy atom. The van der Waals surface area contributed by atoms with E-state index in [9.17, 15) is 4.79 Å². The van der Waals surface area contributed by atoms with Crippen molar-refractivity contribution >= 4 is 5.97 Å². The van der Waals surface area contributed by atoms with Gasteiger partial charge in [0, 0.05) is 27.8 Å². The van der Waals surface area contributed by atoms with Crippen molar-refractivity contribution in [2.45, 2.75) is 6.04 Å². The maximum Gasteiger partial charge on any atom is 0.322 e. The molecule has 56 valence electrons. The van der Waals surface area contributed by atoms with Crippen molar-refractivity contribution in [3.63, 3.8) is 0 Å². The van der Waals surface area contributed by atoms with Crippen LogP contribution >= 0.6 is 0 Å². The first-order valence-electron chi connectivity index (χ1n) is 1.77. The van der Waals surface area contributed by atoms with E-state index in [2.05, 4.69) is 0 Å². The van der Waals surface area contributed by atoms with Crippen LogP contribution in [0.5, 0.6) is 0 Å². The van der Waals surface area contributed by atoms with E-state index >= 15 is 0 Å². The number of carboxylic acids is 1. The molecular weight excluding hydrogens is 216 g/mol. The van der Waals surface area contributed by atoms with Gasteiger partial charge in [-0.05, 0) is 0 Å². The third kappa shape index (κ3) is 8.05. The Bertz CT molecular complexity index is 78.2. The molecule has 0 bridgehead atoms. The molecule has 4 N–H and O–H groups in total. The number of aliphatic carboxylic acids is 1. The molecule has 9 heavy (non-hydrogen) atoms. The predicted molar refractivity (Wildman–Crippen MR) is 25.9 cm³/mol. The second-order valence-electron chi connectivity index (χ2n) is 1.13. The molecule has 5 heteroatoms. The average Bonchev–Trinajstić information content (AvgIpc) is 1.65. The summed E-state index contributed by atoms with van der Waals surface area (Å²) in [5.41, 5.74) is 4.77. The fraction of sp³-hybridized carbons (Fsp3) is 0.500. The van der Waals surface area contributed by atoms with Crippen LogP contribution in [-0.2, 0) is 25.2 Å². The summed E-state index contributed by atoms with van der Waals surface area (Å²) in [7, 11) is 0. The first-order valence-corrected chi connectivity index (χ1v) is 1.77. The van der Waals surface area contributed by atoms with Gasteiger partial charge in [0.2, 0.25) is 0 Å². The second-order valence-corrected chi connectivity index (χ2v) is 1.13. The molecule has 0 unspecified atom stereocenters. The molecule has 0 amide bonds. The zero-order chi connectivity index (χ0) is 5.86. The van der Waals surface area contributed by atoms with E-state index in [1.165, 1.54) is 0 Å². The van der Waals surface area contributed by atoms with Crippen molar-refractivity contribution in [2.75, 3.05) is 6.61 Å². The SMILES string of the molecule is N[C@@H](CO)C(=O)O.[C].[Pd]. The number of carbonyl (C=O) groups is 1. The number of carboxylic acid groups (broad SMARTS) is 1. The number of nitrogens with two attached hydrogens (primary N) is 1. The van der Waals surface area contributed by atoms with Crippen LogP contribution in [0.4, 0.5) is 0 Å². The molecule has 0 aromatic rings. The van der Waals surface area contributed by atoms with Gasteiger partial charge in [0.15, 0.2) is 0 Å². The Balaban J connectivity index is -0.000000180. The molecule has 0 aromatic carbocycles. The van der Waals surface area contributed by atoms with Crippen LogP contribution < -0.4 is 5.73 Å². The molecule has 0 rings (SSSR count). The summed E-state index contributed by atoms with van der Waals surface area (Å²) in [6.07, 6.45) is 0. The number of hydrogen-bond acceptors (Lipinski definition) is 3. The first kappa shape index (κ1) is 16.0. The second kappa shape index (κ2) is 8.05. The summed E-state index contributed by atoms with van der Waals surface area (Å²) in [6, 6.07) is -1.13. The van der Waals surface area contributed by atoms with E-state index in [1.807, 2.05) is 0 Å². The van der Waals surface area contributed by atoms with Crippen molar-refractivity contribution in [1.29, 1.82) is 0 Å². The number of hydrogen-bond donors (Lipinski definition) is 3. The summed E-state index contributed by atoms with van der Waals surface area (Å²) in [4.78, 5) is 9.65. The van der Waals surface area contributed by atoms with E-state index in [0.717, 1.165) is 0 Å². The number of aliphatic hydroxyl groups excluding tert-OH is 1. The van der Waals surface area contributed by atoms with E-state index in [1.54, 1.807) is 0 Å². The van der Waals surface area contributed by atoms with Gasteiger partial charge < -0.3 is 15.9 Å². The van der Waals surface area contributed by atoms with Crippen LogP contribution in [0.3, 0.4) is 0 Å². The molecule has 0 aliphatic rings. The summed E-state index contributed by atoms with van der Waals surface area (Å²) >= 11 is 0. The van der Waals surface area contributed by atoms with Crippen LogP contribution in [0, 0.1) is 7.43 Å². The maximum absolute atomic E-state index is 9.65. The average molecular weight is 224 g/mol. The van der Waals surface area contributed by atoms with Gasteiger partial charge in [-0.2, -0.15) is 0 Å². The maximum atomic E-state index is 9.65. The molecule has 0 spiro atoms. The molecule has 0 fully saturated rings. The summed E-state index contributed by atoms with van der Waals surface area (Å²) in [6.45, 7) is -0.505. The van der Waals surface area contributed by atoms with Gasteiger partial charge in [-0.25, -0.2) is 0 Å². The molecule has 0 aliphatic heterocycles. The van der Waals surface area contributed by atoms with Crippen LogP contribution in [0.1, 0.15) is 0 Å². The molecule has 0 saturated heterocycles. The van der Waals surface area contributed by atoms with Crippen molar-refractivity contribution < 1.29 is 35.4 Å². The normalized spacial score (nSPS) is 10.4. The van der Waals surface area contributed by atoms with Gasteiger partial charge >= 0.3 is 5.97 Å². The van der Waals surface area contributed by atoms with Gasteiger partial charge in [0.05, 0.1) is 6.61 Å². The zero-order valence-corrected chi connectivity index (χ0v) is 6.04. The predicted octanol–water partition coefficient (Wildman–Crippen LogP) is -1.53. The van der Waals surface area contributed by atoms with Crippen molar-refractivity contribution in [3.05, 3.63) is 7.43 Å². The van der Waals surface area contributed by atoms with Crippen molar-refractivity contribution in [1.82, 2.24) is 0 Å². The third-order valence-electron chi connectivity index (χ3n) is 0.514. The van der Waals surface area contributed by atoms with Crippen LogP contribution in [0.2, 0.25) is 0 Å². The minimum absolute atomic E-state index is 0. The Hall–Kier alpha value is 0.0523. The molecule has 0 aliphatic carbocycles. The van der Waals surface area contributed by atoms with Gasteiger partial charge in [0.1, 0.15) is 6.04 Å². The number of aliphatic hydroxyl groups is 1. The Morgan fingerprint density at radius 2 is 2.00 bits per heavy atom. The minimum atomic E-state index is -1.18. The molecule has 0 heterocycles. The van der Waals surface area contributed by atoms with Gasteiger partial charge in [0.25, 0.3) is 0 Å². The van der Waals surface area contributed by atoms with E-state index in [4.69, 9.17) is 15.9 Å². The van der Waals surface area contributed by atoms with E-state index in [-0.39, 0.29) is 27.8 Å². The molecule has 0 aromatic heterocycles. The summed E-state index contributed by atoms with van der Waals surface area (Å²) in [5.74, 6) is -1.18. The van der Waals surface area contributed by atoms with Crippen molar-refractivity contribution in [3.8, 4) is 0 Å². The van der Waals surface area contributed by atoms with Crippen LogP contribution in [-0.4, -0.2) is 28.8 Å².